The van der Waals surface area contributed by atoms with Gasteiger partial charge in [-0.1, -0.05) is 36.4 Å². The van der Waals surface area contributed by atoms with E-state index in [0.29, 0.717) is 34.7 Å². The quantitative estimate of drug-likeness (QED) is 0.437. The van der Waals surface area contributed by atoms with Crippen LogP contribution in [-0.2, 0) is 13.2 Å². The smallest absolute Gasteiger partial charge is 0.295 e. The number of nitrogens with zero attached hydrogens (tertiary/aromatic N) is 3. The third-order valence-electron chi connectivity index (χ3n) is 4.17. The molecule has 2 aromatic carbocycles. The summed E-state index contributed by atoms with van der Waals surface area (Å²) >= 11 is 0. The lowest BCUT2D eigenvalue weighted by Gasteiger charge is -2.04. The SMILES string of the molecule is O=[N+]([O-])c1cccc2c(-c3ccc(CO)o3)nn(Cc3ccccc3)c12. The van der Waals surface area contributed by atoms with Gasteiger partial charge in [0.15, 0.2) is 5.76 Å². The average molecular weight is 349 g/mol. The van der Waals surface area contributed by atoms with Gasteiger partial charge in [-0.05, 0) is 23.8 Å². The molecule has 7 heteroatoms. The van der Waals surface area contributed by atoms with E-state index in [2.05, 4.69) is 5.10 Å². The number of furan rings is 1. The molecule has 2 aromatic heterocycles. The summed E-state index contributed by atoms with van der Waals surface area (Å²) in [5.74, 6) is 0.877. The van der Waals surface area contributed by atoms with Gasteiger partial charge < -0.3 is 9.52 Å². The summed E-state index contributed by atoms with van der Waals surface area (Å²) in [6.45, 7) is 0.179. The zero-order valence-corrected chi connectivity index (χ0v) is 13.7. The summed E-state index contributed by atoms with van der Waals surface area (Å²) in [6.07, 6.45) is 0. The van der Waals surface area contributed by atoms with Gasteiger partial charge in [-0.3, -0.25) is 14.8 Å². The number of non-ortho nitro benzene ring substituents is 1. The van der Waals surface area contributed by atoms with E-state index in [4.69, 9.17) is 4.42 Å². The minimum absolute atomic E-state index is 0.00822. The van der Waals surface area contributed by atoms with Gasteiger partial charge in [0.05, 0.1) is 11.5 Å². The zero-order valence-electron chi connectivity index (χ0n) is 13.7. The molecular weight excluding hydrogens is 334 g/mol. The molecule has 4 aromatic rings. The first-order valence-electron chi connectivity index (χ1n) is 8.05. The first-order valence-corrected chi connectivity index (χ1v) is 8.05. The minimum Gasteiger partial charge on any atom is -0.457 e. The lowest BCUT2D eigenvalue weighted by Crippen LogP contribution is -2.03. The zero-order chi connectivity index (χ0) is 18.1. The maximum atomic E-state index is 11.5. The average Bonchev–Trinajstić information content (AvgIpc) is 3.27. The molecular formula is C19H15N3O4. The molecule has 0 fully saturated rings. The lowest BCUT2D eigenvalue weighted by atomic mass is 10.1. The van der Waals surface area contributed by atoms with E-state index < -0.39 is 4.92 Å². The summed E-state index contributed by atoms with van der Waals surface area (Å²) in [6, 6.07) is 17.9. The fraction of sp³-hybridized carbons (Fsp3) is 0.105. The highest BCUT2D eigenvalue weighted by molar-refractivity contribution is 5.97. The Morgan fingerprint density at radius 3 is 2.58 bits per heavy atom. The van der Waals surface area contributed by atoms with Crippen LogP contribution in [0.1, 0.15) is 11.3 Å². The van der Waals surface area contributed by atoms with Crippen molar-refractivity contribution in [1.29, 1.82) is 0 Å². The topological polar surface area (TPSA) is 94.3 Å². The molecule has 0 saturated carbocycles. The number of nitro groups is 1. The van der Waals surface area contributed by atoms with E-state index in [1.54, 1.807) is 28.9 Å². The maximum Gasteiger partial charge on any atom is 0.295 e. The van der Waals surface area contributed by atoms with E-state index in [9.17, 15) is 15.2 Å². The molecule has 0 bridgehead atoms. The first kappa shape index (κ1) is 16.0. The van der Waals surface area contributed by atoms with Gasteiger partial charge in [0, 0.05) is 11.5 Å². The van der Waals surface area contributed by atoms with Crippen LogP contribution in [0, 0.1) is 10.1 Å². The van der Waals surface area contributed by atoms with Crippen molar-refractivity contribution in [1.82, 2.24) is 9.78 Å². The number of aliphatic hydroxyl groups is 1. The standard InChI is InChI=1S/C19H15N3O4/c23-12-14-9-10-17(26-14)18-15-7-4-8-16(22(24)25)19(15)21(20-18)11-13-5-2-1-3-6-13/h1-10,23H,11-12H2. The van der Waals surface area contributed by atoms with Crippen LogP contribution < -0.4 is 0 Å². The molecule has 0 saturated heterocycles. The fourth-order valence-corrected chi connectivity index (χ4v) is 3.01. The van der Waals surface area contributed by atoms with Crippen LogP contribution in [-0.4, -0.2) is 19.8 Å². The summed E-state index contributed by atoms with van der Waals surface area (Å²) < 4.78 is 7.22. The number of hydrogen-bond donors (Lipinski definition) is 1. The van der Waals surface area contributed by atoms with E-state index in [1.165, 1.54) is 6.07 Å². The van der Waals surface area contributed by atoms with Gasteiger partial charge in [-0.15, -0.1) is 0 Å². The number of benzene rings is 2. The van der Waals surface area contributed by atoms with Crippen LogP contribution in [0.2, 0.25) is 0 Å². The second-order valence-corrected chi connectivity index (χ2v) is 5.85. The molecule has 2 heterocycles. The van der Waals surface area contributed by atoms with Crippen molar-refractivity contribution in [2.75, 3.05) is 0 Å². The van der Waals surface area contributed by atoms with E-state index >= 15 is 0 Å². The number of para-hydroxylation sites is 1. The Balaban J connectivity index is 1.93. The van der Waals surface area contributed by atoms with Crippen molar-refractivity contribution in [2.45, 2.75) is 13.2 Å². The molecule has 0 amide bonds. The highest BCUT2D eigenvalue weighted by Crippen LogP contribution is 2.34. The second-order valence-electron chi connectivity index (χ2n) is 5.85. The van der Waals surface area contributed by atoms with E-state index in [1.807, 2.05) is 30.3 Å². The molecule has 4 rings (SSSR count). The monoisotopic (exact) mass is 349 g/mol. The van der Waals surface area contributed by atoms with E-state index in [0.717, 1.165) is 5.56 Å². The van der Waals surface area contributed by atoms with E-state index in [-0.39, 0.29) is 12.3 Å². The Kier molecular flexibility index (Phi) is 3.98. The molecule has 0 aliphatic rings. The highest BCUT2D eigenvalue weighted by Gasteiger charge is 2.22. The Hall–Kier alpha value is -3.45. The number of hydrogen-bond acceptors (Lipinski definition) is 5. The van der Waals surface area contributed by atoms with Gasteiger partial charge in [-0.25, -0.2) is 0 Å². The molecule has 0 aliphatic heterocycles. The Morgan fingerprint density at radius 1 is 1.08 bits per heavy atom. The van der Waals surface area contributed by atoms with Crippen LogP contribution in [0.25, 0.3) is 22.4 Å². The van der Waals surface area contributed by atoms with Crippen molar-refractivity contribution in [2.24, 2.45) is 0 Å². The fourth-order valence-electron chi connectivity index (χ4n) is 3.01. The third-order valence-corrected chi connectivity index (χ3v) is 4.17. The molecule has 0 radical (unpaired) electrons. The second kappa shape index (κ2) is 6.45. The highest BCUT2D eigenvalue weighted by atomic mass is 16.6. The molecule has 0 atom stereocenters. The summed E-state index contributed by atoms with van der Waals surface area (Å²) in [7, 11) is 0. The number of aliphatic hydroxyl groups excluding tert-OH is 1. The Bertz CT molecular complexity index is 1080. The number of nitro benzene ring substituents is 1. The lowest BCUT2D eigenvalue weighted by molar-refractivity contribution is -0.383. The van der Waals surface area contributed by atoms with Crippen LogP contribution in [0.4, 0.5) is 5.69 Å². The molecule has 130 valence electrons. The van der Waals surface area contributed by atoms with Gasteiger partial charge >= 0.3 is 0 Å². The van der Waals surface area contributed by atoms with Gasteiger partial charge in [0.2, 0.25) is 0 Å². The maximum absolute atomic E-state index is 11.5. The molecule has 0 aliphatic carbocycles. The van der Waals surface area contributed by atoms with Gasteiger partial charge in [0.25, 0.3) is 5.69 Å². The van der Waals surface area contributed by atoms with Gasteiger partial charge in [-0.2, -0.15) is 5.10 Å². The normalized spacial score (nSPS) is 11.1. The number of fused-ring (bicyclic) bond motifs is 1. The Morgan fingerprint density at radius 2 is 1.88 bits per heavy atom. The molecule has 1 N–H and O–H groups in total. The molecule has 26 heavy (non-hydrogen) atoms. The first-order chi connectivity index (χ1) is 12.7. The van der Waals surface area contributed by atoms with Crippen molar-refractivity contribution in [3.05, 3.63) is 82.1 Å². The van der Waals surface area contributed by atoms with Crippen LogP contribution in [0.3, 0.4) is 0 Å². The van der Waals surface area contributed by atoms with Gasteiger partial charge in [0.1, 0.15) is 23.6 Å². The van der Waals surface area contributed by atoms with Crippen LogP contribution >= 0.6 is 0 Å². The predicted octanol–water partition coefficient (Wildman–Crippen LogP) is 3.75. The van der Waals surface area contributed by atoms with Crippen molar-refractivity contribution in [3.8, 4) is 11.5 Å². The molecule has 0 spiro atoms. The molecule has 0 unspecified atom stereocenters. The van der Waals surface area contributed by atoms with Crippen molar-refractivity contribution < 1.29 is 14.4 Å². The minimum atomic E-state index is -0.406. The third kappa shape index (κ3) is 2.74. The largest absolute Gasteiger partial charge is 0.457 e. The van der Waals surface area contributed by atoms with Crippen molar-refractivity contribution >= 4 is 16.6 Å². The summed E-state index contributed by atoms with van der Waals surface area (Å²) in [5, 5.41) is 26.0. The molecule has 7 nitrogen and oxygen atoms in total. The van der Waals surface area contributed by atoms with Crippen molar-refractivity contribution in [3.63, 3.8) is 0 Å². The number of rotatable bonds is 5. The van der Waals surface area contributed by atoms with Crippen LogP contribution in [0.5, 0.6) is 0 Å². The van der Waals surface area contributed by atoms with Crippen LogP contribution in [0.15, 0.2) is 65.1 Å². The Labute approximate surface area is 148 Å². The predicted molar refractivity (Wildman–Crippen MR) is 95.6 cm³/mol. The number of aromatic nitrogens is 2. The summed E-state index contributed by atoms with van der Waals surface area (Å²) in [4.78, 5) is 11.1. The summed E-state index contributed by atoms with van der Waals surface area (Å²) in [5.41, 5.74) is 1.93.